The minimum absolute atomic E-state index is 0.152. The Labute approximate surface area is 143 Å². The normalized spacial score (nSPS) is 38.1. The summed E-state index contributed by atoms with van der Waals surface area (Å²) in [4.78, 5) is 37.9. The first-order valence-corrected chi connectivity index (χ1v) is 8.57. The van der Waals surface area contributed by atoms with Crippen molar-refractivity contribution < 1.29 is 14.4 Å². The van der Waals surface area contributed by atoms with Gasteiger partial charge in [0.2, 0.25) is 0 Å². The van der Waals surface area contributed by atoms with Crippen molar-refractivity contribution in [3.8, 4) is 0 Å². The number of carbonyl (C=O) groups is 3. The molecule has 6 atom stereocenters. The van der Waals surface area contributed by atoms with Crippen molar-refractivity contribution in [2.45, 2.75) is 6.42 Å². The highest BCUT2D eigenvalue weighted by atomic mass is 35.5. The maximum Gasteiger partial charge on any atom is 0.270 e. The number of hydrazine groups is 1. The smallest absolute Gasteiger partial charge is 0.270 e. The van der Waals surface area contributed by atoms with Gasteiger partial charge in [0.15, 0.2) is 0 Å². The maximum atomic E-state index is 12.8. The van der Waals surface area contributed by atoms with Crippen LogP contribution in [0.1, 0.15) is 16.8 Å². The number of amides is 3. The van der Waals surface area contributed by atoms with Crippen LogP contribution in [-0.2, 0) is 9.59 Å². The van der Waals surface area contributed by atoms with E-state index in [2.05, 4.69) is 17.6 Å². The summed E-state index contributed by atoms with van der Waals surface area (Å²) >= 11 is 5.82. The molecule has 24 heavy (non-hydrogen) atoms. The van der Waals surface area contributed by atoms with Gasteiger partial charge < -0.3 is 0 Å². The fraction of sp³-hybridized carbons (Fsp3) is 0.389. The van der Waals surface area contributed by atoms with Gasteiger partial charge in [-0.1, -0.05) is 23.8 Å². The van der Waals surface area contributed by atoms with E-state index in [-0.39, 0.29) is 35.5 Å². The standard InChI is InChI=1S/C18H15ClN2O3/c19-9-3-1-8(2-4-9)16(22)20-21-17(23)14-10-5-6-11(13-7-12(10)13)15(14)18(21)24/h1-6,10-15H,7H2,(H,20,22)/t10-,11+,12-,13+,14-,15+. The van der Waals surface area contributed by atoms with Crippen LogP contribution in [-0.4, -0.2) is 22.7 Å². The molecule has 1 saturated heterocycles. The highest BCUT2D eigenvalue weighted by Gasteiger charge is 2.67. The van der Waals surface area contributed by atoms with Gasteiger partial charge in [-0.2, -0.15) is 5.01 Å². The molecule has 3 fully saturated rings. The van der Waals surface area contributed by atoms with Crippen molar-refractivity contribution in [1.82, 2.24) is 10.4 Å². The van der Waals surface area contributed by atoms with Crippen LogP contribution >= 0.6 is 11.6 Å². The van der Waals surface area contributed by atoms with E-state index in [9.17, 15) is 14.4 Å². The van der Waals surface area contributed by atoms with Gasteiger partial charge in [-0.05, 0) is 54.4 Å². The molecule has 0 radical (unpaired) electrons. The summed E-state index contributed by atoms with van der Waals surface area (Å²) in [6.45, 7) is 0. The number of halogens is 1. The van der Waals surface area contributed by atoms with E-state index in [1.807, 2.05) is 0 Å². The van der Waals surface area contributed by atoms with Crippen molar-refractivity contribution in [3.63, 3.8) is 0 Å². The molecule has 4 aliphatic carbocycles. The number of nitrogens with zero attached hydrogens (tertiary/aromatic N) is 1. The van der Waals surface area contributed by atoms with Crippen LogP contribution in [0.25, 0.3) is 0 Å². The van der Waals surface area contributed by atoms with Crippen molar-refractivity contribution in [2.75, 3.05) is 0 Å². The number of hydrogen-bond donors (Lipinski definition) is 1. The number of rotatable bonds is 2. The highest BCUT2D eigenvalue weighted by Crippen LogP contribution is 2.65. The molecule has 6 rings (SSSR count). The Hall–Kier alpha value is -2.14. The van der Waals surface area contributed by atoms with E-state index in [4.69, 9.17) is 11.6 Å². The molecule has 2 saturated carbocycles. The monoisotopic (exact) mass is 342 g/mol. The number of carbonyl (C=O) groups excluding carboxylic acids is 3. The van der Waals surface area contributed by atoms with Gasteiger partial charge in [0.25, 0.3) is 17.7 Å². The van der Waals surface area contributed by atoms with E-state index < -0.39 is 5.91 Å². The van der Waals surface area contributed by atoms with Crippen LogP contribution in [0.2, 0.25) is 5.02 Å². The van der Waals surface area contributed by atoms with Crippen molar-refractivity contribution in [3.05, 3.63) is 47.0 Å². The van der Waals surface area contributed by atoms with Gasteiger partial charge in [0, 0.05) is 10.6 Å². The van der Waals surface area contributed by atoms with E-state index in [1.54, 1.807) is 24.3 Å². The van der Waals surface area contributed by atoms with Gasteiger partial charge in [-0.3, -0.25) is 19.8 Å². The van der Waals surface area contributed by atoms with Crippen LogP contribution < -0.4 is 5.43 Å². The summed E-state index contributed by atoms with van der Waals surface area (Å²) in [5, 5.41) is 1.47. The lowest BCUT2D eigenvalue weighted by molar-refractivity contribution is -0.143. The number of allylic oxidation sites excluding steroid dienone is 2. The second-order valence-corrected chi connectivity index (χ2v) is 7.55. The lowest BCUT2D eigenvalue weighted by atomic mass is 9.63. The van der Waals surface area contributed by atoms with Crippen LogP contribution in [0, 0.1) is 35.5 Å². The summed E-state index contributed by atoms with van der Waals surface area (Å²) in [5.74, 6) is -0.220. The van der Waals surface area contributed by atoms with Gasteiger partial charge in [-0.15, -0.1) is 0 Å². The molecule has 1 aromatic rings. The van der Waals surface area contributed by atoms with Crippen molar-refractivity contribution >= 4 is 29.3 Å². The van der Waals surface area contributed by atoms with Gasteiger partial charge in [0.1, 0.15) is 0 Å². The highest BCUT2D eigenvalue weighted by molar-refractivity contribution is 6.30. The van der Waals surface area contributed by atoms with Gasteiger partial charge >= 0.3 is 0 Å². The zero-order chi connectivity index (χ0) is 16.6. The third kappa shape index (κ3) is 1.79. The molecule has 1 N–H and O–H groups in total. The molecule has 122 valence electrons. The van der Waals surface area contributed by atoms with Crippen LogP contribution in [0.15, 0.2) is 36.4 Å². The largest absolute Gasteiger partial charge is 0.272 e. The van der Waals surface area contributed by atoms with Crippen molar-refractivity contribution in [1.29, 1.82) is 0 Å². The lowest BCUT2D eigenvalue weighted by Crippen LogP contribution is -2.46. The van der Waals surface area contributed by atoms with Gasteiger partial charge in [0.05, 0.1) is 11.8 Å². The molecule has 1 aliphatic heterocycles. The zero-order valence-electron chi connectivity index (χ0n) is 12.7. The van der Waals surface area contributed by atoms with Gasteiger partial charge in [-0.25, -0.2) is 0 Å². The second-order valence-electron chi connectivity index (χ2n) is 7.11. The average molecular weight is 343 g/mol. The van der Waals surface area contributed by atoms with E-state index in [0.717, 1.165) is 11.4 Å². The quantitative estimate of drug-likeness (QED) is 0.660. The molecule has 1 aromatic carbocycles. The molecule has 5 nitrogen and oxygen atoms in total. The Kier molecular flexibility index (Phi) is 2.78. The Morgan fingerprint density at radius 3 is 2.08 bits per heavy atom. The molecule has 5 aliphatic rings. The molecule has 0 unspecified atom stereocenters. The Morgan fingerprint density at radius 1 is 1.00 bits per heavy atom. The second kappa shape index (κ2) is 4.70. The van der Waals surface area contributed by atoms with Crippen molar-refractivity contribution in [2.24, 2.45) is 35.5 Å². The topological polar surface area (TPSA) is 66.5 Å². The molecule has 6 heteroatoms. The third-order valence-corrected chi connectivity index (χ3v) is 6.23. The summed E-state index contributed by atoms with van der Waals surface area (Å²) in [6, 6.07) is 6.33. The van der Waals surface area contributed by atoms with Crippen LogP contribution in [0.4, 0.5) is 0 Å². The Morgan fingerprint density at radius 2 is 1.54 bits per heavy atom. The zero-order valence-corrected chi connectivity index (χ0v) is 13.4. The maximum absolute atomic E-state index is 12.8. The van der Waals surface area contributed by atoms with Crippen LogP contribution in [0.3, 0.4) is 0 Å². The molecule has 0 aromatic heterocycles. The fourth-order valence-electron chi connectivity index (χ4n) is 4.83. The van der Waals surface area contributed by atoms with E-state index >= 15 is 0 Å². The SMILES string of the molecule is O=C(NN1C(=O)[C@@H]2[C@@H]3C=C[C@@H]([C@@H]4C[C@H]34)[C@@H]2C1=O)c1ccc(Cl)cc1. The molecule has 3 amide bonds. The molecule has 0 spiro atoms. The predicted molar refractivity (Wildman–Crippen MR) is 85.5 cm³/mol. The summed E-state index contributed by atoms with van der Waals surface area (Å²) in [6.07, 6.45) is 5.33. The summed E-state index contributed by atoms with van der Waals surface area (Å²) in [7, 11) is 0. The first kappa shape index (κ1) is 14.2. The minimum Gasteiger partial charge on any atom is -0.272 e. The first-order chi connectivity index (χ1) is 11.6. The van der Waals surface area contributed by atoms with E-state index in [1.165, 1.54) is 0 Å². The lowest BCUT2D eigenvalue weighted by Gasteiger charge is -2.37. The molecule has 2 bridgehead atoms. The fourth-order valence-corrected chi connectivity index (χ4v) is 4.96. The molecular formula is C18H15ClN2O3. The average Bonchev–Trinajstić information content (AvgIpc) is 3.36. The Balaban J connectivity index is 1.40. The first-order valence-electron chi connectivity index (χ1n) is 8.19. The molecular weight excluding hydrogens is 328 g/mol. The minimum atomic E-state index is -0.475. The van der Waals surface area contributed by atoms with Crippen LogP contribution in [0.5, 0.6) is 0 Å². The number of imide groups is 1. The predicted octanol–water partition coefficient (Wildman–Crippen LogP) is 2.04. The summed E-state index contributed by atoms with van der Waals surface area (Å²) < 4.78 is 0. The van der Waals surface area contributed by atoms with E-state index in [0.29, 0.717) is 22.4 Å². The summed E-state index contributed by atoms with van der Waals surface area (Å²) in [5.41, 5.74) is 2.85. The Bertz CT molecular complexity index is 767. The number of nitrogens with one attached hydrogen (secondary N) is 1. The third-order valence-electron chi connectivity index (χ3n) is 5.98. The number of benzene rings is 1. The number of hydrogen-bond acceptors (Lipinski definition) is 3. The molecule has 1 heterocycles.